The van der Waals surface area contributed by atoms with Gasteiger partial charge in [0.2, 0.25) is 5.91 Å². The van der Waals surface area contributed by atoms with E-state index in [1.165, 1.54) is 32.1 Å². The zero-order chi connectivity index (χ0) is 13.8. The normalized spacial score (nSPS) is 31.9. The van der Waals surface area contributed by atoms with Crippen LogP contribution in [0.25, 0.3) is 0 Å². The van der Waals surface area contributed by atoms with E-state index in [9.17, 15) is 4.79 Å². The standard InChI is InChI=1S/C15H25N3O/c1-11(9-10-16)18(2)15(19)14-8-7-12-5-3-4-6-13(12)17-14/h11-14,17H,3-9H2,1-2H3. The van der Waals surface area contributed by atoms with Gasteiger partial charge in [0.25, 0.3) is 0 Å². The Kier molecular flexibility index (Phi) is 4.81. The topological polar surface area (TPSA) is 56.1 Å². The number of nitriles is 1. The molecule has 2 rings (SSSR count). The molecule has 1 amide bonds. The summed E-state index contributed by atoms with van der Waals surface area (Å²) in [6.45, 7) is 1.94. The average molecular weight is 263 g/mol. The Hall–Kier alpha value is -1.08. The van der Waals surface area contributed by atoms with Gasteiger partial charge in [0.05, 0.1) is 18.5 Å². The highest BCUT2D eigenvalue weighted by atomic mass is 16.2. The second kappa shape index (κ2) is 6.38. The van der Waals surface area contributed by atoms with Crippen molar-refractivity contribution >= 4 is 5.91 Å². The molecule has 1 heterocycles. The maximum Gasteiger partial charge on any atom is 0.239 e. The molecule has 1 aliphatic heterocycles. The number of hydrogen-bond donors (Lipinski definition) is 1. The fourth-order valence-corrected chi connectivity index (χ4v) is 3.42. The number of piperidine rings is 1. The molecule has 2 fully saturated rings. The van der Waals surface area contributed by atoms with Gasteiger partial charge in [-0.2, -0.15) is 5.26 Å². The van der Waals surface area contributed by atoms with Gasteiger partial charge >= 0.3 is 0 Å². The molecule has 0 aromatic heterocycles. The smallest absolute Gasteiger partial charge is 0.239 e. The van der Waals surface area contributed by atoms with Crippen LogP contribution >= 0.6 is 0 Å². The Morgan fingerprint density at radius 1 is 1.37 bits per heavy atom. The summed E-state index contributed by atoms with van der Waals surface area (Å²) < 4.78 is 0. The van der Waals surface area contributed by atoms with Crippen molar-refractivity contribution in [2.75, 3.05) is 7.05 Å². The highest BCUT2D eigenvalue weighted by molar-refractivity contribution is 5.82. The number of fused-ring (bicyclic) bond motifs is 1. The first-order chi connectivity index (χ1) is 9.13. The molecule has 1 aliphatic carbocycles. The molecule has 19 heavy (non-hydrogen) atoms. The summed E-state index contributed by atoms with van der Waals surface area (Å²) in [4.78, 5) is 14.2. The molecule has 0 aromatic rings. The van der Waals surface area contributed by atoms with Gasteiger partial charge in [-0.05, 0) is 38.5 Å². The number of amides is 1. The van der Waals surface area contributed by atoms with Gasteiger partial charge in [-0.3, -0.25) is 4.79 Å². The third-order valence-electron chi connectivity index (χ3n) is 4.84. The first-order valence-corrected chi connectivity index (χ1v) is 7.53. The maximum absolute atomic E-state index is 12.4. The Balaban J connectivity index is 1.91. The Morgan fingerprint density at radius 2 is 2.11 bits per heavy atom. The molecule has 0 bridgehead atoms. The molecule has 4 atom stereocenters. The fraction of sp³-hybridized carbons (Fsp3) is 0.867. The molecule has 1 saturated heterocycles. The lowest BCUT2D eigenvalue weighted by molar-refractivity contribution is -0.135. The van der Waals surface area contributed by atoms with E-state index >= 15 is 0 Å². The molecule has 0 aromatic carbocycles. The number of nitrogens with zero attached hydrogens (tertiary/aromatic N) is 2. The minimum atomic E-state index is -0.0366. The predicted molar refractivity (Wildman–Crippen MR) is 74.4 cm³/mol. The number of carbonyl (C=O) groups is 1. The quantitative estimate of drug-likeness (QED) is 0.848. The van der Waals surface area contributed by atoms with Gasteiger partial charge in [0.1, 0.15) is 0 Å². The van der Waals surface area contributed by atoms with E-state index < -0.39 is 0 Å². The molecular formula is C15H25N3O. The van der Waals surface area contributed by atoms with Crippen LogP contribution in [-0.2, 0) is 4.79 Å². The fourth-order valence-electron chi connectivity index (χ4n) is 3.42. The van der Waals surface area contributed by atoms with Gasteiger partial charge in [-0.25, -0.2) is 0 Å². The Labute approximate surface area is 116 Å². The highest BCUT2D eigenvalue weighted by Crippen LogP contribution is 2.32. The third-order valence-corrected chi connectivity index (χ3v) is 4.84. The number of nitrogens with one attached hydrogen (secondary N) is 1. The minimum Gasteiger partial charge on any atom is -0.341 e. The Morgan fingerprint density at radius 3 is 2.84 bits per heavy atom. The molecule has 0 spiro atoms. The summed E-state index contributed by atoms with van der Waals surface area (Å²) in [6, 6.07) is 2.64. The van der Waals surface area contributed by atoms with Gasteiger partial charge in [0.15, 0.2) is 0 Å². The summed E-state index contributed by atoms with van der Waals surface area (Å²) in [6.07, 6.45) is 7.70. The predicted octanol–water partition coefficient (Wildman–Crippen LogP) is 2.06. The van der Waals surface area contributed by atoms with Crippen molar-refractivity contribution in [1.29, 1.82) is 5.26 Å². The second-order valence-electron chi connectivity index (χ2n) is 6.11. The van der Waals surface area contributed by atoms with E-state index in [0.717, 1.165) is 12.3 Å². The number of hydrogen-bond acceptors (Lipinski definition) is 3. The first kappa shape index (κ1) is 14.3. The molecule has 1 saturated carbocycles. The van der Waals surface area contributed by atoms with Crippen molar-refractivity contribution in [2.24, 2.45) is 5.92 Å². The number of carbonyl (C=O) groups excluding carboxylic acids is 1. The van der Waals surface area contributed by atoms with Crippen LogP contribution in [0.1, 0.15) is 51.9 Å². The van der Waals surface area contributed by atoms with Gasteiger partial charge < -0.3 is 10.2 Å². The van der Waals surface area contributed by atoms with E-state index in [-0.39, 0.29) is 18.0 Å². The zero-order valence-corrected chi connectivity index (χ0v) is 12.1. The molecule has 2 aliphatic rings. The van der Waals surface area contributed by atoms with Crippen LogP contribution in [0, 0.1) is 17.2 Å². The van der Waals surface area contributed by atoms with Gasteiger partial charge in [-0.1, -0.05) is 12.8 Å². The van der Waals surface area contributed by atoms with Crippen LogP contribution < -0.4 is 5.32 Å². The molecular weight excluding hydrogens is 238 g/mol. The molecule has 4 heteroatoms. The molecule has 4 nitrogen and oxygen atoms in total. The molecule has 1 N–H and O–H groups in total. The average Bonchev–Trinajstić information content (AvgIpc) is 2.45. The lowest BCUT2D eigenvalue weighted by Gasteiger charge is -2.41. The van der Waals surface area contributed by atoms with E-state index in [1.54, 1.807) is 4.90 Å². The van der Waals surface area contributed by atoms with E-state index in [1.807, 2.05) is 14.0 Å². The van der Waals surface area contributed by atoms with Crippen molar-refractivity contribution in [3.05, 3.63) is 0 Å². The van der Waals surface area contributed by atoms with E-state index in [0.29, 0.717) is 12.5 Å². The second-order valence-corrected chi connectivity index (χ2v) is 6.11. The summed E-state index contributed by atoms with van der Waals surface area (Å²) >= 11 is 0. The van der Waals surface area contributed by atoms with Crippen LogP contribution in [0.2, 0.25) is 0 Å². The van der Waals surface area contributed by atoms with E-state index in [4.69, 9.17) is 5.26 Å². The van der Waals surface area contributed by atoms with E-state index in [2.05, 4.69) is 11.4 Å². The highest BCUT2D eigenvalue weighted by Gasteiger charge is 2.35. The summed E-state index contributed by atoms with van der Waals surface area (Å²) in [7, 11) is 1.82. The van der Waals surface area contributed by atoms with Crippen LogP contribution in [-0.4, -0.2) is 36.0 Å². The lowest BCUT2D eigenvalue weighted by Crippen LogP contribution is -2.56. The molecule has 4 unspecified atom stereocenters. The van der Waals surface area contributed by atoms with Crippen molar-refractivity contribution in [1.82, 2.24) is 10.2 Å². The number of rotatable bonds is 3. The summed E-state index contributed by atoms with van der Waals surface area (Å²) in [5.41, 5.74) is 0. The number of likely N-dealkylation sites (N-methyl/N-ethyl adjacent to an activating group) is 1. The largest absolute Gasteiger partial charge is 0.341 e. The van der Waals surface area contributed by atoms with Crippen molar-refractivity contribution < 1.29 is 4.79 Å². The minimum absolute atomic E-state index is 0.00313. The third kappa shape index (κ3) is 3.27. The maximum atomic E-state index is 12.4. The van der Waals surface area contributed by atoms with Crippen molar-refractivity contribution in [3.8, 4) is 6.07 Å². The van der Waals surface area contributed by atoms with Crippen LogP contribution in [0.4, 0.5) is 0 Å². The van der Waals surface area contributed by atoms with Gasteiger partial charge in [0, 0.05) is 19.1 Å². The van der Waals surface area contributed by atoms with Crippen molar-refractivity contribution in [2.45, 2.75) is 70.0 Å². The first-order valence-electron chi connectivity index (χ1n) is 7.53. The van der Waals surface area contributed by atoms with Crippen molar-refractivity contribution in [3.63, 3.8) is 0 Å². The van der Waals surface area contributed by atoms with Gasteiger partial charge in [-0.15, -0.1) is 0 Å². The zero-order valence-electron chi connectivity index (χ0n) is 12.1. The van der Waals surface area contributed by atoms with Crippen LogP contribution in [0.15, 0.2) is 0 Å². The lowest BCUT2D eigenvalue weighted by atomic mass is 9.77. The monoisotopic (exact) mass is 263 g/mol. The van der Waals surface area contributed by atoms with Crippen LogP contribution in [0.5, 0.6) is 0 Å². The molecule has 0 radical (unpaired) electrons. The summed E-state index contributed by atoms with van der Waals surface area (Å²) in [5, 5.41) is 12.3. The van der Waals surface area contributed by atoms with Crippen LogP contribution in [0.3, 0.4) is 0 Å². The molecule has 106 valence electrons. The summed E-state index contributed by atoms with van der Waals surface area (Å²) in [5.74, 6) is 0.936. The SMILES string of the molecule is CC(CC#N)N(C)C(=O)C1CCC2CCCCC2N1. The Bertz CT molecular complexity index is 363.